The molecule has 0 radical (unpaired) electrons. The van der Waals surface area contributed by atoms with E-state index < -0.39 is 0 Å². The second-order valence-corrected chi connectivity index (χ2v) is 8.01. The predicted molar refractivity (Wildman–Crippen MR) is 91.8 cm³/mol. The predicted octanol–water partition coefficient (Wildman–Crippen LogP) is 6.03. The van der Waals surface area contributed by atoms with Gasteiger partial charge in [0, 0.05) is 11.4 Å². The van der Waals surface area contributed by atoms with Crippen molar-refractivity contribution in [2.24, 2.45) is 5.92 Å². The van der Waals surface area contributed by atoms with Crippen LogP contribution in [0, 0.1) is 5.92 Å². The van der Waals surface area contributed by atoms with E-state index in [9.17, 15) is 0 Å². The molecule has 2 fully saturated rings. The van der Waals surface area contributed by atoms with Crippen molar-refractivity contribution in [1.29, 1.82) is 0 Å². The molecule has 2 heteroatoms. The lowest BCUT2D eigenvalue weighted by molar-refractivity contribution is -0.118. The molecule has 2 atom stereocenters. The molecule has 2 aliphatic rings. The summed E-state index contributed by atoms with van der Waals surface area (Å²) in [5.41, 5.74) is 1.67. The van der Waals surface area contributed by atoms with Gasteiger partial charge in [0.15, 0.2) is 0 Å². The van der Waals surface area contributed by atoms with E-state index in [1.165, 1.54) is 63.4 Å². The SMILES string of the molecule is BrC(CCC1CCOC2(CCCCC2)C1)c1ccccc1. The molecule has 1 saturated carbocycles. The first kappa shape index (κ1) is 15.6. The molecule has 0 aromatic heterocycles. The maximum Gasteiger partial charge on any atom is 0.0685 e. The van der Waals surface area contributed by atoms with Crippen LogP contribution < -0.4 is 0 Å². The van der Waals surface area contributed by atoms with Crippen molar-refractivity contribution in [2.45, 2.75) is 68.2 Å². The normalized spacial score (nSPS) is 26.6. The Labute approximate surface area is 137 Å². The molecule has 1 saturated heterocycles. The Hall–Kier alpha value is -0.340. The van der Waals surface area contributed by atoms with Crippen LogP contribution in [0.2, 0.25) is 0 Å². The van der Waals surface area contributed by atoms with Crippen LogP contribution in [0.3, 0.4) is 0 Å². The third-order valence-corrected chi connectivity index (χ3v) is 6.34. The molecule has 116 valence electrons. The Kier molecular flexibility index (Phi) is 5.39. The Morgan fingerprint density at radius 3 is 2.67 bits per heavy atom. The summed E-state index contributed by atoms with van der Waals surface area (Å²) in [4.78, 5) is 0.504. The number of hydrogen-bond donors (Lipinski definition) is 0. The average molecular weight is 351 g/mol. The van der Waals surface area contributed by atoms with Gasteiger partial charge in [0.2, 0.25) is 0 Å². The van der Waals surface area contributed by atoms with Crippen molar-refractivity contribution in [1.82, 2.24) is 0 Å². The maximum absolute atomic E-state index is 6.22. The second kappa shape index (κ2) is 7.28. The second-order valence-electron chi connectivity index (χ2n) is 6.91. The summed E-state index contributed by atoms with van der Waals surface area (Å²) in [6.45, 7) is 0.989. The Morgan fingerprint density at radius 1 is 1.14 bits per heavy atom. The molecule has 21 heavy (non-hydrogen) atoms. The lowest BCUT2D eigenvalue weighted by atomic mass is 9.75. The van der Waals surface area contributed by atoms with Crippen LogP contribution >= 0.6 is 15.9 Å². The third kappa shape index (κ3) is 4.10. The van der Waals surface area contributed by atoms with Crippen LogP contribution in [-0.2, 0) is 4.74 Å². The fraction of sp³-hybridized carbons (Fsp3) is 0.684. The molecule has 0 amide bonds. The molecule has 3 rings (SSSR count). The minimum absolute atomic E-state index is 0.260. The first-order valence-electron chi connectivity index (χ1n) is 8.60. The fourth-order valence-corrected chi connectivity index (χ4v) is 4.70. The van der Waals surface area contributed by atoms with Crippen molar-refractivity contribution in [3.8, 4) is 0 Å². The van der Waals surface area contributed by atoms with Gasteiger partial charge in [-0.3, -0.25) is 0 Å². The minimum Gasteiger partial charge on any atom is -0.375 e. The molecule has 1 nitrogen and oxygen atoms in total. The minimum atomic E-state index is 0.260. The molecule has 0 bridgehead atoms. The lowest BCUT2D eigenvalue weighted by Crippen LogP contribution is -2.41. The molecule has 0 N–H and O–H groups in total. The largest absolute Gasteiger partial charge is 0.375 e. The van der Waals surface area contributed by atoms with Crippen molar-refractivity contribution in [3.63, 3.8) is 0 Å². The van der Waals surface area contributed by atoms with E-state index in [1.807, 2.05) is 0 Å². The summed E-state index contributed by atoms with van der Waals surface area (Å²) in [6.07, 6.45) is 11.9. The van der Waals surface area contributed by atoms with Crippen LogP contribution in [0.1, 0.15) is 68.2 Å². The topological polar surface area (TPSA) is 9.23 Å². The highest BCUT2D eigenvalue weighted by Gasteiger charge is 2.38. The molecular weight excluding hydrogens is 324 g/mol. The van der Waals surface area contributed by atoms with Gasteiger partial charge in [0.05, 0.1) is 5.60 Å². The van der Waals surface area contributed by atoms with Crippen LogP contribution in [0.5, 0.6) is 0 Å². The van der Waals surface area contributed by atoms with Gasteiger partial charge in [-0.15, -0.1) is 0 Å². The lowest BCUT2D eigenvalue weighted by Gasteiger charge is -2.43. The van der Waals surface area contributed by atoms with Crippen LogP contribution in [0.4, 0.5) is 0 Å². The van der Waals surface area contributed by atoms with Crippen molar-refractivity contribution < 1.29 is 4.74 Å². The molecule has 1 aromatic carbocycles. The first-order chi connectivity index (χ1) is 10.3. The van der Waals surface area contributed by atoms with Gasteiger partial charge in [-0.25, -0.2) is 0 Å². The zero-order chi connectivity index (χ0) is 14.5. The smallest absolute Gasteiger partial charge is 0.0685 e. The summed E-state index contributed by atoms with van der Waals surface area (Å²) >= 11 is 3.87. The zero-order valence-electron chi connectivity index (χ0n) is 12.9. The van der Waals surface area contributed by atoms with E-state index in [1.54, 1.807) is 0 Å². The van der Waals surface area contributed by atoms with Gasteiger partial charge in [-0.2, -0.15) is 0 Å². The fourth-order valence-electron chi connectivity index (χ4n) is 4.13. The van der Waals surface area contributed by atoms with E-state index in [0.717, 1.165) is 12.5 Å². The quantitative estimate of drug-likeness (QED) is 0.602. The number of halogens is 1. The van der Waals surface area contributed by atoms with Crippen molar-refractivity contribution in [3.05, 3.63) is 35.9 Å². The van der Waals surface area contributed by atoms with E-state index in [2.05, 4.69) is 46.3 Å². The number of hydrogen-bond acceptors (Lipinski definition) is 1. The summed E-state index contributed by atoms with van der Waals surface area (Å²) in [7, 11) is 0. The average Bonchev–Trinajstić information content (AvgIpc) is 2.54. The highest BCUT2D eigenvalue weighted by Crippen LogP contribution is 2.42. The van der Waals surface area contributed by atoms with E-state index in [4.69, 9.17) is 4.74 Å². The molecule has 1 heterocycles. The zero-order valence-corrected chi connectivity index (χ0v) is 14.5. The molecule has 1 spiro atoms. The summed E-state index contributed by atoms with van der Waals surface area (Å²) in [6, 6.07) is 10.8. The Morgan fingerprint density at radius 2 is 1.90 bits per heavy atom. The van der Waals surface area contributed by atoms with Gasteiger partial charge in [-0.05, 0) is 50.0 Å². The number of rotatable bonds is 4. The summed E-state index contributed by atoms with van der Waals surface area (Å²) in [5, 5.41) is 0. The van der Waals surface area contributed by atoms with Crippen LogP contribution in [0.15, 0.2) is 30.3 Å². The number of benzene rings is 1. The molecular formula is C19H27BrO. The summed E-state index contributed by atoms with van der Waals surface area (Å²) in [5.74, 6) is 0.862. The standard InChI is InChI=1S/C19H27BrO/c20-18(17-7-3-1-4-8-17)10-9-16-11-14-21-19(15-16)12-5-2-6-13-19/h1,3-4,7-8,16,18H,2,5-6,9-15H2. The number of alkyl halides is 1. The number of ether oxygens (including phenoxy) is 1. The monoisotopic (exact) mass is 350 g/mol. The van der Waals surface area contributed by atoms with Crippen molar-refractivity contribution in [2.75, 3.05) is 6.61 Å². The van der Waals surface area contributed by atoms with Gasteiger partial charge < -0.3 is 4.74 Å². The molecule has 1 aromatic rings. The van der Waals surface area contributed by atoms with Gasteiger partial charge in [0.1, 0.15) is 0 Å². The van der Waals surface area contributed by atoms with Gasteiger partial charge in [0.25, 0.3) is 0 Å². The first-order valence-corrected chi connectivity index (χ1v) is 9.52. The molecule has 1 aliphatic heterocycles. The van der Waals surface area contributed by atoms with E-state index >= 15 is 0 Å². The van der Waals surface area contributed by atoms with Crippen LogP contribution in [-0.4, -0.2) is 12.2 Å². The van der Waals surface area contributed by atoms with E-state index in [0.29, 0.717) is 4.83 Å². The summed E-state index contributed by atoms with van der Waals surface area (Å²) < 4.78 is 6.22. The molecule has 2 unspecified atom stereocenters. The Bertz CT molecular complexity index is 419. The Balaban J connectivity index is 1.51. The highest BCUT2D eigenvalue weighted by atomic mass is 79.9. The third-order valence-electron chi connectivity index (χ3n) is 5.35. The molecule has 1 aliphatic carbocycles. The van der Waals surface area contributed by atoms with Gasteiger partial charge in [-0.1, -0.05) is 65.5 Å². The van der Waals surface area contributed by atoms with Gasteiger partial charge >= 0.3 is 0 Å². The highest BCUT2D eigenvalue weighted by molar-refractivity contribution is 9.09. The van der Waals surface area contributed by atoms with Crippen LogP contribution in [0.25, 0.3) is 0 Å². The maximum atomic E-state index is 6.22. The van der Waals surface area contributed by atoms with Crippen molar-refractivity contribution >= 4 is 15.9 Å². The van der Waals surface area contributed by atoms with E-state index in [-0.39, 0.29) is 5.60 Å².